The highest BCUT2D eigenvalue weighted by molar-refractivity contribution is 7.89. The molecular formula is C9H16N4O2S. The van der Waals surface area contributed by atoms with Crippen LogP contribution in [0.3, 0.4) is 0 Å². The lowest BCUT2D eigenvalue weighted by molar-refractivity contribution is 0.245. The Kier molecular flexibility index (Phi) is 3.25. The first-order valence-corrected chi connectivity index (χ1v) is 7.08. The van der Waals surface area contributed by atoms with Crippen molar-refractivity contribution in [3.05, 3.63) is 12.4 Å². The second-order valence-corrected chi connectivity index (χ2v) is 6.14. The summed E-state index contributed by atoms with van der Waals surface area (Å²) >= 11 is 0. The van der Waals surface area contributed by atoms with Gasteiger partial charge in [-0.1, -0.05) is 0 Å². The summed E-state index contributed by atoms with van der Waals surface area (Å²) in [7, 11) is -3.03. The third kappa shape index (κ3) is 2.25. The van der Waals surface area contributed by atoms with Gasteiger partial charge in [-0.3, -0.25) is 0 Å². The molecule has 0 bridgehead atoms. The van der Waals surface area contributed by atoms with Gasteiger partial charge in [0.2, 0.25) is 10.0 Å². The topological polar surface area (TPSA) is 68.1 Å². The van der Waals surface area contributed by atoms with Gasteiger partial charge in [-0.25, -0.2) is 12.7 Å². The van der Waals surface area contributed by atoms with E-state index in [4.69, 9.17) is 0 Å². The Balaban J connectivity index is 1.98. The summed E-state index contributed by atoms with van der Waals surface area (Å²) in [6.07, 6.45) is 4.87. The van der Waals surface area contributed by atoms with Gasteiger partial charge in [0.25, 0.3) is 0 Å². The zero-order valence-electron chi connectivity index (χ0n) is 9.28. The van der Waals surface area contributed by atoms with Crippen LogP contribution in [0.15, 0.2) is 12.4 Å². The highest BCUT2D eigenvalue weighted by Crippen LogP contribution is 2.22. The van der Waals surface area contributed by atoms with Gasteiger partial charge in [-0.2, -0.15) is 15.0 Å². The van der Waals surface area contributed by atoms with Gasteiger partial charge < -0.3 is 0 Å². The molecule has 0 saturated carbocycles. The fraction of sp³-hybridized carbons (Fsp3) is 0.778. The van der Waals surface area contributed by atoms with Crippen LogP contribution in [0.2, 0.25) is 0 Å². The van der Waals surface area contributed by atoms with Gasteiger partial charge in [0, 0.05) is 13.1 Å². The SMILES string of the molecule is CCS(=O)(=O)N1CCC(n2nccn2)CC1. The molecule has 6 nitrogen and oxygen atoms in total. The first-order chi connectivity index (χ1) is 7.63. The van der Waals surface area contributed by atoms with Crippen molar-refractivity contribution in [2.24, 2.45) is 0 Å². The predicted molar refractivity (Wildman–Crippen MR) is 59.3 cm³/mol. The summed E-state index contributed by atoms with van der Waals surface area (Å²) in [5.74, 6) is 0.178. The van der Waals surface area contributed by atoms with E-state index in [1.165, 1.54) is 0 Å². The van der Waals surface area contributed by atoms with Crippen LogP contribution in [0.25, 0.3) is 0 Å². The van der Waals surface area contributed by atoms with Gasteiger partial charge in [0.1, 0.15) is 0 Å². The Hall–Kier alpha value is -0.950. The molecule has 2 heterocycles. The number of hydrogen-bond acceptors (Lipinski definition) is 4. The maximum absolute atomic E-state index is 11.6. The molecule has 1 aromatic rings. The second-order valence-electron chi connectivity index (χ2n) is 3.88. The first-order valence-electron chi connectivity index (χ1n) is 5.47. The molecule has 1 saturated heterocycles. The Bertz CT molecular complexity index is 420. The number of hydrogen-bond donors (Lipinski definition) is 0. The number of piperidine rings is 1. The molecule has 0 spiro atoms. The molecule has 1 aliphatic heterocycles. The van der Waals surface area contributed by atoms with Gasteiger partial charge in [0.05, 0.1) is 24.2 Å². The standard InChI is InChI=1S/C9H16N4O2S/c1-2-16(14,15)12-7-3-9(4-8-12)13-10-5-6-11-13/h5-6,9H,2-4,7-8H2,1H3. The number of nitrogens with zero attached hydrogens (tertiary/aromatic N) is 4. The Morgan fingerprint density at radius 2 is 1.81 bits per heavy atom. The third-order valence-electron chi connectivity index (χ3n) is 2.94. The molecule has 0 atom stereocenters. The lowest BCUT2D eigenvalue weighted by Crippen LogP contribution is -2.40. The minimum absolute atomic E-state index is 0.178. The Labute approximate surface area is 95.3 Å². The van der Waals surface area contributed by atoms with Crippen molar-refractivity contribution in [3.8, 4) is 0 Å². The minimum Gasteiger partial charge on any atom is -0.212 e. The molecule has 1 aliphatic rings. The second kappa shape index (κ2) is 4.50. The van der Waals surface area contributed by atoms with Crippen LogP contribution in [-0.4, -0.2) is 46.6 Å². The van der Waals surface area contributed by atoms with E-state index in [1.807, 2.05) is 0 Å². The van der Waals surface area contributed by atoms with E-state index in [-0.39, 0.29) is 11.8 Å². The highest BCUT2D eigenvalue weighted by Gasteiger charge is 2.27. The van der Waals surface area contributed by atoms with Crippen molar-refractivity contribution in [3.63, 3.8) is 0 Å². The maximum Gasteiger partial charge on any atom is 0.213 e. The van der Waals surface area contributed by atoms with Crippen LogP contribution in [0.5, 0.6) is 0 Å². The minimum atomic E-state index is -3.03. The molecule has 0 amide bonds. The van der Waals surface area contributed by atoms with E-state index in [1.54, 1.807) is 28.4 Å². The predicted octanol–water partition coefficient (Wildman–Crippen LogP) is 0.265. The van der Waals surface area contributed by atoms with Crippen LogP contribution >= 0.6 is 0 Å². The molecule has 0 N–H and O–H groups in total. The normalized spacial score (nSPS) is 20.1. The average Bonchev–Trinajstić information content (AvgIpc) is 2.83. The molecule has 0 aromatic carbocycles. The summed E-state index contributed by atoms with van der Waals surface area (Å²) in [4.78, 5) is 1.68. The van der Waals surface area contributed by atoms with E-state index in [9.17, 15) is 8.42 Å². The molecule has 0 unspecified atom stereocenters. The fourth-order valence-electron chi connectivity index (χ4n) is 1.95. The molecule has 0 radical (unpaired) electrons. The summed E-state index contributed by atoms with van der Waals surface area (Å²) < 4.78 is 24.8. The monoisotopic (exact) mass is 244 g/mol. The van der Waals surface area contributed by atoms with Crippen molar-refractivity contribution in [1.82, 2.24) is 19.3 Å². The van der Waals surface area contributed by atoms with Gasteiger partial charge in [0.15, 0.2) is 0 Å². The zero-order chi connectivity index (χ0) is 11.6. The summed E-state index contributed by atoms with van der Waals surface area (Å²) in [6.45, 7) is 2.82. The molecule has 16 heavy (non-hydrogen) atoms. The first kappa shape index (κ1) is 11.5. The largest absolute Gasteiger partial charge is 0.213 e. The number of aromatic nitrogens is 3. The molecule has 1 aromatic heterocycles. The quantitative estimate of drug-likeness (QED) is 0.765. The van der Waals surface area contributed by atoms with Crippen LogP contribution in [0, 0.1) is 0 Å². The molecule has 2 rings (SSSR count). The summed E-state index contributed by atoms with van der Waals surface area (Å²) in [5.41, 5.74) is 0. The van der Waals surface area contributed by atoms with Gasteiger partial charge in [-0.15, -0.1) is 0 Å². The van der Waals surface area contributed by atoms with E-state index in [0.717, 1.165) is 12.8 Å². The van der Waals surface area contributed by atoms with Crippen molar-refractivity contribution in [1.29, 1.82) is 0 Å². The summed E-state index contributed by atoms with van der Waals surface area (Å²) in [6, 6.07) is 0.235. The fourth-order valence-corrected chi connectivity index (χ4v) is 3.08. The molecule has 90 valence electrons. The van der Waals surface area contributed by atoms with Crippen LogP contribution in [-0.2, 0) is 10.0 Å². The number of rotatable bonds is 3. The Morgan fingerprint density at radius 3 is 2.31 bits per heavy atom. The van der Waals surface area contributed by atoms with Crippen LogP contribution < -0.4 is 0 Å². The van der Waals surface area contributed by atoms with Crippen LogP contribution in [0.4, 0.5) is 0 Å². The molecular weight excluding hydrogens is 228 g/mol. The smallest absolute Gasteiger partial charge is 0.212 e. The lowest BCUT2D eigenvalue weighted by Gasteiger charge is -2.30. The lowest BCUT2D eigenvalue weighted by atomic mass is 10.1. The van der Waals surface area contributed by atoms with Gasteiger partial charge >= 0.3 is 0 Å². The number of sulfonamides is 1. The molecule has 7 heteroatoms. The van der Waals surface area contributed by atoms with E-state index < -0.39 is 10.0 Å². The zero-order valence-corrected chi connectivity index (χ0v) is 10.1. The van der Waals surface area contributed by atoms with Gasteiger partial charge in [-0.05, 0) is 19.8 Å². The van der Waals surface area contributed by atoms with Crippen LogP contribution in [0.1, 0.15) is 25.8 Å². The molecule has 0 aliphatic carbocycles. The highest BCUT2D eigenvalue weighted by atomic mass is 32.2. The summed E-state index contributed by atoms with van der Waals surface area (Å²) in [5, 5.41) is 8.17. The molecule has 1 fully saturated rings. The van der Waals surface area contributed by atoms with E-state index in [2.05, 4.69) is 10.2 Å². The van der Waals surface area contributed by atoms with Crippen molar-refractivity contribution >= 4 is 10.0 Å². The van der Waals surface area contributed by atoms with Crippen molar-refractivity contribution in [2.75, 3.05) is 18.8 Å². The average molecular weight is 244 g/mol. The Morgan fingerprint density at radius 1 is 1.25 bits per heavy atom. The van der Waals surface area contributed by atoms with Crippen molar-refractivity contribution < 1.29 is 8.42 Å². The third-order valence-corrected chi connectivity index (χ3v) is 4.83. The van der Waals surface area contributed by atoms with E-state index >= 15 is 0 Å². The maximum atomic E-state index is 11.6. The van der Waals surface area contributed by atoms with E-state index in [0.29, 0.717) is 13.1 Å². The van der Waals surface area contributed by atoms with Crippen molar-refractivity contribution in [2.45, 2.75) is 25.8 Å².